The number of nitrogens with zero attached hydrogens (tertiary/aromatic N) is 1. The van der Waals surface area contributed by atoms with E-state index in [0.717, 1.165) is 38.1 Å². The van der Waals surface area contributed by atoms with Crippen LogP contribution in [-0.2, 0) is 16.0 Å². The molecule has 0 bridgehead atoms. The van der Waals surface area contributed by atoms with E-state index < -0.39 is 6.04 Å². The highest BCUT2D eigenvalue weighted by Gasteiger charge is 2.26. The molecule has 5 heteroatoms. The number of nitrogens with two attached hydrogens (primary N) is 1. The van der Waals surface area contributed by atoms with Crippen LogP contribution < -0.4 is 5.73 Å². The van der Waals surface area contributed by atoms with Crippen molar-refractivity contribution in [3.8, 4) is 5.75 Å². The molecule has 1 fully saturated rings. The lowest BCUT2D eigenvalue weighted by molar-refractivity contribution is -0.134. The Bertz CT molecular complexity index is 453. The molecule has 0 unspecified atom stereocenters. The Morgan fingerprint density at radius 2 is 2.00 bits per heavy atom. The van der Waals surface area contributed by atoms with Crippen LogP contribution in [0.25, 0.3) is 0 Å². The third kappa shape index (κ3) is 4.44. The van der Waals surface area contributed by atoms with Gasteiger partial charge in [0.1, 0.15) is 5.75 Å². The molecule has 1 aromatic carbocycles. The molecule has 1 aliphatic rings. The lowest BCUT2D eigenvalue weighted by Gasteiger charge is -2.33. The quantitative estimate of drug-likeness (QED) is 0.853. The second-order valence-corrected chi connectivity index (χ2v) is 5.70. The molecule has 1 atom stereocenters. The number of hydrogen-bond donors (Lipinski definition) is 2. The fourth-order valence-electron chi connectivity index (χ4n) is 2.76. The number of aromatic hydroxyl groups is 1. The summed E-state index contributed by atoms with van der Waals surface area (Å²) in [6, 6.07) is 6.31. The molecule has 0 aliphatic carbocycles. The molecule has 21 heavy (non-hydrogen) atoms. The molecule has 1 amide bonds. The monoisotopic (exact) mass is 292 g/mol. The molecule has 1 heterocycles. The zero-order valence-corrected chi connectivity index (χ0v) is 12.5. The highest BCUT2D eigenvalue weighted by Crippen LogP contribution is 2.18. The normalized spacial score (nSPS) is 17.7. The minimum atomic E-state index is -0.520. The number of phenolic OH excluding ortho intramolecular Hbond substituents is 1. The van der Waals surface area contributed by atoms with Gasteiger partial charge in [-0.3, -0.25) is 4.79 Å². The third-order valence-electron chi connectivity index (χ3n) is 4.04. The summed E-state index contributed by atoms with van der Waals surface area (Å²) >= 11 is 0. The molecule has 116 valence electrons. The van der Waals surface area contributed by atoms with E-state index >= 15 is 0 Å². The Labute approximate surface area is 125 Å². The van der Waals surface area contributed by atoms with Gasteiger partial charge in [-0.05, 0) is 42.9 Å². The summed E-state index contributed by atoms with van der Waals surface area (Å²) in [5.41, 5.74) is 6.99. The van der Waals surface area contributed by atoms with Gasteiger partial charge in [-0.15, -0.1) is 0 Å². The van der Waals surface area contributed by atoms with Gasteiger partial charge in [0.25, 0.3) is 0 Å². The summed E-state index contributed by atoms with van der Waals surface area (Å²) in [7, 11) is 1.71. The maximum atomic E-state index is 12.4. The van der Waals surface area contributed by atoms with E-state index in [1.54, 1.807) is 31.4 Å². The summed E-state index contributed by atoms with van der Waals surface area (Å²) < 4.78 is 5.16. The predicted octanol–water partition coefficient (Wildman–Crippen LogP) is 1.15. The average molecular weight is 292 g/mol. The first-order valence-electron chi connectivity index (χ1n) is 7.41. The van der Waals surface area contributed by atoms with Crippen LogP contribution >= 0.6 is 0 Å². The van der Waals surface area contributed by atoms with Crippen molar-refractivity contribution in [2.24, 2.45) is 11.7 Å². The van der Waals surface area contributed by atoms with Crippen molar-refractivity contribution in [3.05, 3.63) is 29.8 Å². The molecule has 0 spiro atoms. The van der Waals surface area contributed by atoms with E-state index in [4.69, 9.17) is 10.5 Å². The van der Waals surface area contributed by atoms with Gasteiger partial charge >= 0.3 is 0 Å². The minimum Gasteiger partial charge on any atom is -0.508 e. The van der Waals surface area contributed by atoms with Gasteiger partial charge in [0.15, 0.2) is 0 Å². The average Bonchev–Trinajstić information content (AvgIpc) is 2.50. The van der Waals surface area contributed by atoms with E-state index in [1.165, 1.54) is 0 Å². The van der Waals surface area contributed by atoms with Gasteiger partial charge in [0.2, 0.25) is 5.91 Å². The number of rotatable bonds is 5. The van der Waals surface area contributed by atoms with Crippen LogP contribution in [0.1, 0.15) is 18.4 Å². The first-order valence-corrected chi connectivity index (χ1v) is 7.41. The number of carbonyl (C=O) groups excluding carboxylic acids is 1. The molecular formula is C16H24N2O3. The van der Waals surface area contributed by atoms with Crippen LogP contribution in [0.2, 0.25) is 0 Å². The zero-order chi connectivity index (χ0) is 15.2. The fraction of sp³-hybridized carbons (Fsp3) is 0.562. The molecule has 0 radical (unpaired) electrons. The van der Waals surface area contributed by atoms with Crippen LogP contribution in [-0.4, -0.2) is 48.8 Å². The molecular weight excluding hydrogens is 268 g/mol. The highest BCUT2D eigenvalue weighted by atomic mass is 16.5. The van der Waals surface area contributed by atoms with Crippen LogP contribution in [0.5, 0.6) is 5.75 Å². The number of likely N-dealkylation sites (tertiary alicyclic amines) is 1. The molecule has 1 aliphatic heterocycles. The van der Waals surface area contributed by atoms with Gasteiger partial charge in [-0.1, -0.05) is 12.1 Å². The number of ether oxygens (including phenoxy) is 1. The molecule has 1 aromatic rings. The number of methoxy groups -OCH3 is 1. The summed E-state index contributed by atoms with van der Waals surface area (Å²) in [6.45, 7) is 2.29. The predicted molar refractivity (Wildman–Crippen MR) is 81.0 cm³/mol. The standard InChI is InChI=1S/C16H24N2O3/c1-21-11-13-6-8-18(9-7-13)16(20)15(17)10-12-2-4-14(19)5-3-12/h2-5,13,15,19H,6-11,17H2,1H3/t15-/m0/s1. The van der Waals surface area contributed by atoms with Gasteiger partial charge < -0.3 is 20.5 Å². The Hall–Kier alpha value is -1.59. The Morgan fingerprint density at radius 3 is 2.57 bits per heavy atom. The Balaban J connectivity index is 1.84. The van der Waals surface area contributed by atoms with E-state index in [2.05, 4.69) is 0 Å². The second-order valence-electron chi connectivity index (χ2n) is 5.70. The van der Waals surface area contributed by atoms with E-state index in [9.17, 15) is 9.90 Å². The van der Waals surface area contributed by atoms with Crippen molar-refractivity contribution < 1.29 is 14.6 Å². The zero-order valence-electron chi connectivity index (χ0n) is 12.5. The van der Waals surface area contributed by atoms with E-state index in [1.807, 2.05) is 4.90 Å². The topological polar surface area (TPSA) is 75.8 Å². The van der Waals surface area contributed by atoms with Gasteiger partial charge in [0.05, 0.1) is 6.04 Å². The number of piperidine rings is 1. The highest BCUT2D eigenvalue weighted by molar-refractivity contribution is 5.82. The van der Waals surface area contributed by atoms with E-state index in [0.29, 0.717) is 12.3 Å². The van der Waals surface area contributed by atoms with Crippen molar-refractivity contribution in [1.29, 1.82) is 0 Å². The Morgan fingerprint density at radius 1 is 1.38 bits per heavy atom. The summed E-state index contributed by atoms with van der Waals surface area (Å²) in [6.07, 6.45) is 2.45. The molecule has 3 N–H and O–H groups in total. The lowest BCUT2D eigenvalue weighted by Crippen LogP contribution is -2.48. The smallest absolute Gasteiger partial charge is 0.239 e. The summed E-state index contributed by atoms with van der Waals surface area (Å²) in [4.78, 5) is 14.2. The van der Waals surface area contributed by atoms with Crippen molar-refractivity contribution in [2.75, 3.05) is 26.8 Å². The summed E-state index contributed by atoms with van der Waals surface area (Å²) in [5, 5.41) is 9.26. The number of hydrogen-bond acceptors (Lipinski definition) is 4. The SMILES string of the molecule is COCC1CCN(C(=O)[C@@H](N)Cc2ccc(O)cc2)CC1. The second kappa shape index (κ2) is 7.43. The molecule has 2 rings (SSSR count). The van der Waals surface area contributed by atoms with Crippen LogP contribution in [0, 0.1) is 5.92 Å². The van der Waals surface area contributed by atoms with Gasteiger partial charge in [-0.2, -0.15) is 0 Å². The molecule has 0 aromatic heterocycles. The first kappa shape index (κ1) is 15.8. The van der Waals surface area contributed by atoms with Crippen molar-refractivity contribution in [1.82, 2.24) is 4.90 Å². The van der Waals surface area contributed by atoms with Gasteiger partial charge in [0, 0.05) is 26.8 Å². The van der Waals surface area contributed by atoms with E-state index in [-0.39, 0.29) is 11.7 Å². The number of amides is 1. The number of benzene rings is 1. The summed E-state index contributed by atoms with van der Waals surface area (Å²) in [5.74, 6) is 0.783. The first-order chi connectivity index (χ1) is 10.1. The fourth-order valence-corrected chi connectivity index (χ4v) is 2.76. The Kier molecular flexibility index (Phi) is 5.59. The maximum absolute atomic E-state index is 12.4. The number of carbonyl (C=O) groups is 1. The maximum Gasteiger partial charge on any atom is 0.239 e. The van der Waals surface area contributed by atoms with Crippen LogP contribution in [0.15, 0.2) is 24.3 Å². The van der Waals surface area contributed by atoms with Crippen LogP contribution in [0.3, 0.4) is 0 Å². The minimum absolute atomic E-state index is 0.0129. The largest absolute Gasteiger partial charge is 0.508 e. The van der Waals surface area contributed by atoms with Gasteiger partial charge in [-0.25, -0.2) is 0 Å². The van der Waals surface area contributed by atoms with Crippen LogP contribution in [0.4, 0.5) is 0 Å². The van der Waals surface area contributed by atoms with Crippen molar-refractivity contribution in [2.45, 2.75) is 25.3 Å². The molecule has 0 saturated carbocycles. The van der Waals surface area contributed by atoms with Crippen molar-refractivity contribution in [3.63, 3.8) is 0 Å². The third-order valence-corrected chi connectivity index (χ3v) is 4.04. The number of phenols is 1. The molecule has 5 nitrogen and oxygen atoms in total. The lowest BCUT2D eigenvalue weighted by atomic mass is 9.96. The van der Waals surface area contributed by atoms with Crippen molar-refractivity contribution >= 4 is 5.91 Å². The molecule has 1 saturated heterocycles.